The number of amidine groups is 1. The van der Waals surface area contributed by atoms with Gasteiger partial charge in [0.15, 0.2) is 9.84 Å². The van der Waals surface area contributed by atoms with Crippen LogP contribution in [0.4, 0.5) is 0 Å². The Morgan fingerprint density at radius 3 is 2.50 bits per heavy atom. The van der Waals surface area contributed by atoms with Gasteiger partial charge in [-0.05, 0) is 79.5 Å². The number of carbonyl (C=O) groups is 2. The number of Topliss-reactive ketones (excluding diaryl/α,β-unsaturated/α-hetero) is 1. The van der Waals surface area contributed by atoms with Crippen molar-refractivity contribution in [2.75, 3.05) is 7.05 Å². The molecule has 0 bridgehead atoms. The van der Waals surface area contributed by atoms with Crippen molar-refractivity contribution in [2.45, 2.75) is 61.0 Å². The van der Waals surface area contributed by atoms with Gasteiger partial charge < -0.3 is 10.6 Å². The molecule has 0 spiro atoms. The summed E-state index contributed by atoms with van der Waals surface area (Å²) in [5.41, 5.74) is 1.80. The Morgan fingerprint density at radius 2 is 1.91 bits per heavy atom. The second-order valence-electron chi connectivity index (χ2n) is 8.88. The minimum atomic E-state index is -3.34. The third-order valence-electron chi connectivity index (χ3n) is 6.20. The number of nitrogens with one attached hydrogen (secondary N) is 3. The van der Waals surface area contributed by atoms with Gasteiger partial charge in [0.2, 0.25) is 0 Å². The van der Waals surface area contributed by atoms with Crippen LogP contribution in [0.2, 0.25) is 0 Å². The molecule has 4 rings (SSSR count). The quantitative estimate of drug-likeness (QED) is 0.316. The maximum atomic E-state index is 13.1. The first-order chi connectivity index (χ1) is 15.3. The van der Waals surface area contributed by atoms with Gasteiger partial charge in [0.05, 0.1) is 10.1 Å². The van der Waals surface area contributed by atoms with E-state index in [-0.39, 0.29) is 28.7 Å². The molecule has 3 aliphatic rings. The summed E-state index contributed by atoms with van der Waals surface area (Å²) in [4.78, 5) is 25.3. The Kier molecular flexibility index (Phi) is 6.33. The second-order valence-corrected chi connectivity index (χ2v) is 11.1. The van der Waals surface area contributed by atoms with Crippen molar-refractivity contribution in [3.8, 4) is 0 Å². The number of hydrogen-bond donors (Lipinski definition) is 3. The molecule has 3 saturated carbocycles. The van der Waals surface area contributed by atoms with E-state index in [1.807, 2.05) is 12.1 Å². The summed E-state index contributed by atoms with van der Waals surface area (Å²) in [7, 11) is -1.64. The summed E-state index contributed by atoms with van der Waals surface area (Å²) in [6, 6.07) is 5.17. The van der Waals surface area contributed by atoms with Crippen molar-refractivity contribution < 1.29 is 18.0 Å². The van der Waals surface area contributed by atoms with Crippen LogP contribution in [0.1, 0.15) is 62.0 Å². The molecule has 0 heterocycles. The fourth-order valence-electron chi connectivity index (χ4n) is 4.17. The molecule has 3 fully saturated rings. The van der Waals surface area contributed by atoms with E-state index in [4.69, 9.17) is 5.41 Å². The number of hydrogen-bond acceptors (Lipinski definition) is 6. The summed E-state index contributed by atoms with van der Waals surface area (Å²) >= 11 is 0. The number of sulfone groups is 1. The van der Waals surface area contributed by atoms with Gasteiger partial charge in [-0.25, -0.2) is 8.42 Å². The third-order valence-corrected chi connectivity index (χ3v) is 8.54. The van der Waals surface area contributed by atoms with E-state index >= 15 is 0 Å². The lowest BCUT2D eigenvalue weighted by atomic mass is 9.95. The number of benzene rings is 1. The Morgan fingerprint density at radius 1 is 1.16 bits per heavy atom. The molecule has 3 N–H and O–H groups in total. The maximum Gasteiger partial charge on any atom is 0.257 e. The van der Waals surface area contributed by atoms with Gasteiger partial charge in [0, 0.05) is 25.5 Å². The fourth-order valence-corrected chi connectivity index (χ4v) is 6.10. The molecule has 1 aromatic carbocycles. The number of rotatable bonds is 8. The lowest BCUT2D eigenvalue weighted by molar-refractivity contribution is -0.117. The molecule has 170 valence electrons. The lowest BCUT2D eigenvalue weighted by Crippen LogP contribution is -2.29. The van der Waals surface area contributed by atoms with E-state index in [0.29, 0.717) is 48.1 Å². The van der Waals surface area contributed by atoms with Gasteiger partial charge in [-0.15, -0.1) is 0 Å². The minimum absolute atomic E-state index is 0.0375. The van der Waals surface area contributed by atoms with Crippen molar-refractivity contribution in [3.05, 3.63) is 47.7 Å². The number of ketones is 1. The van der Waals surface area contributed by atoms with Crippen LogP contribution in [0.15, 0.2) is 41.4 Å². The van der Waals surface area contributed by atoms with Gasteiger partial charge in [0.25, 0.3) is 5.91 Å². The molecule has 1 aromatic rings. The minimum Gasteiger partial charge on any atom is -0.394 e. The normalized spacial score (nSPS) is 21.7. The summed E-state index contributed by atoms with van der Waals surface area (Å²) in [5, 5.41) is 13.0. The molecule has 0 aliphatic heterocycles. The zero-order valence-corrected chi connectivity index (χ0v) is 19.0. The van der Waals surface area contributed by atoms with Crippen molar-refractivity contribution in [3.63, 3.8) is 0 Å². The molecule has 0 saturated heterocycles. The van der Waals surface area contributed by atoms with Crippen LogP contribution in [0.5, 0.6) is 0 Å². The lowest BCUT2D eigenvalue weighted by Gasteiger charge is -2.15. The van der Waals surface area contributed by atoms with Crippen LogP contribution in [-0.4, -0.2) is 38.2 Å². The monoisotopic (exact) mass is 455 g/mol. The molecule has 1 unspecified atom stereocenters. The van der Waals surface area contributed by atoms with E-state index in [0.717, 1.165) is 18.4 Å². The molecule has 3 aliphatic carbocycles. The van der Waals surface area contributed by atoms with Crippen LogP contribution in [0.25, 0.3) is 5.57 Å². The molecule has 8 heteroatoms. The summed E-state index contributed by atoms with van der Waals surface area (Å²) < 4.78 is 25.9. The summed E-state index contributed by atoms with van der Waals surface area (Å²) in [6.07, 6.45) is 9.70. The van der Waals surface area contributed by atoms with Crippen molar-refractivity contribution >= 4 is 32.9 Å². The van der Waals surface area contributed by atoms with Crippen LogP contribution in [0.3, 0.4) is 0 Å². The van der Waals surface area contributed by atoms with E-state index in [9.17, 15) is 18.0 Å². The zero-order valence-electron chi connectivity index (χ0n) is 18.2. The Labute approximate surface area is 188 Å². The predicted molar refractivity (Wildman–Crippen MR) is 123 cm³/mol. The highest BCUT2D eigenvalue weighted by atomic mass is 32.2. The maximum absolute atomic E-state index is 13.1. The Hall–Kier alpha value is -2.74. The Balaban J connectivity index is 1.70. The predicted octanol–water partition coefficient (Wildman–Crippen LogP) is 3.08. The van der Waals surface area contributed by atoms with Crippen molar-refractivity contribution in [1.82, 2.24) is 10.6 Å². The molecule has 0 radical (unpaired) electrons. The third kappa shape index (κ3) is 5.01. The first-order valence-electron chi connectivity index (χ1n) is 11.1. The van der Waals surface area contributed by atoms with Crippen molar-refractivity contribution in [2.24, 2.45) is 5.92 Å². The average molecular weight is 456 g/mol. The second kappa shape index (κ2) is 9.02. The van der Waals surface area contributed by atoms with Crippen molar-refractivity contribution in [1.29, 1.82) is 5.41 Å². The number of allylic oxidation sites excluding steroid dienone is 1. The molecule has 1 amide bonds. The summed E-state index contributed by atoms with van der Waals surface area (Å²) in [5.74, 6) is -0.153. The van der Waals surface area contributed by atoms with E-state index < -0.39 is 15.7 Å². The van der Waals surface area contributed by atoms with Crippen LogP contribution < -0.4 is 10.6 Å². The first-order valence-corrected chi connectivity index (χ1v) is 12.7. The topological polar surface area (TPSA) is 116 Å². The molecule has 7 nitrogen and oxygen atoms in total. The highest BCUT2D eigenvalue weighted by Crippen LogP contribution is 2.46. The van der Waals surface area contributed by atoms with E-state index in [1.165, 1.54) is 6.08 Å². The summed E-state index contributed by atoms with van der Waals surface area (Å²) in [6.45, 7) is 0. The average Bonchev–Trinajstić information content (AvgIpc) is 3.67. The van der Waals surface area contributed by atoms with Gasteiger partial charge in [-0.2, -0.15) is 0 Å². The van der Waals surface area contributed by atoms with Gasteiger partial charge in [-0.3, -0.25) is 15.0 Å². The largest absolute Gasteiger partial charge is 0.394 e. The van der Waals surface area contributed by atoms with E-state index in [1.54, 1.807) is 25.4 Å². The van der Waals surface area contributed by atoms with Crippen LogP contribution in [0, 0.1) is 11.3 Å². The highest BCUT2D eigenvalue weighted by molar-refractivity contribution is 7.92. The first kappa shape index (κ1) is 22.5. The van der Waals surface area contributed by atoms with Crippen LogP contribution >= 0.6 is 0 Å². The Bertz CT molecular complexity index is 1110. The zero-order chi connectivity index (χ0) is 22.9. The SMILES string of the molecule is CN/C=C\C(=N)NC(=O)/C(=C/C1CCC(=O)C1)c1ccc(S(=O)(=O)C2CC2)c(C2CC2)c1. The van der Waals surface area contributed by atoms with Crippen LogP contribution in [-0.2, 0) is 19.4 Å². The fraction of sp³-hybridized carbons (Fsp3) is 0.458. The molecule has 0 aromatic heterocycles. The van der Waals surface area contributed by atoms with Gasteiger partial charge >= 0.3 is 0 Å². The number of carbonyl (C=O) groups excluding carboxylic acids is 2. The molecular formula is C24H29N3O4S. The number of amides is 1. The molecule has 32 heavy (non-hydrogen) atoms. The molecule has 1 atom stereocenters. The van der Waals surface area contributed by atoms with Gasteiger partial charge in [0.1, 0.15) is 11.6 Å². The van der Waals surface area contributed by atoms with Gasteiger partial charge in [-0.1, -0.05) is 12.1 Å². The van der Waals surface area contributed by atoms with E-state index in [2.05, 4.69) is 10.6 Å². The highest BCUT2D eigenvalue weighted by Gasteiger charge is 2.40. The molecular weight excluding hydrogens is 426 g/mol. The standard InChI is InChI=1S/C24H29N3O4S/c1-26-11-10-23(25)27-24(29)21(13-15-2-6-18(28)12-15)17-5-9-22(20(14-17)16-3-4-16)32(30,31)19-7-8-19/h5,9-11,13-16,19,26H,2-4,6-8,12H2,1H3,(H2,25,27,29)/b11-10-,21-13+. The smallest absolute Gasteiger partial charge is 0.257 e.